The molecule has 1 aromatic carbocycles. The van der Waals surface area contributed by atoms with Crippen LogP contribution in [0.2, 0.25) is 5.02 Å². The summed E-state index contributed by atoms with van der Waals surface area (Å²) >= 11 is 6.08. The summed E-state index contributed by atoms with van der Waals surface area (Å²) in [6.45, 7) is 0.741. The molecular formula is C12H12ClFN2. The van der Waals surface area contributed by atoms with E-state index in [9.17, 15) is 4.39 Å². The Hall–Kier alpha value is -1.32. The summed E-state index contributed by atoms with van der Waals surface area (Å²) in [5.41, 5.74) is 6.80. The first-order valence-corrected chi connectivity index (χ1v) is 5.39. The maximum Gasteiger partial charge on any atom is 0.143 e. The van der Waals surface area contributed by atoms with Crippen molar-refractivity contribution in [2.45, 2.75) is 0 Å². The number of nitrogens with two attached hydrogens (primary N) is 1. The first-order valence-electron chi connectivity index (χ1n) is 5.01. The molecule has 0 unspecified atom stereocenters. The van der Waals surface area contributed by atoms with Crippen LogP contribution in [0, 0.1) is 0 Å². The molecule has 0 bridgehead atoms. The van der Waals surface area contributed by atoms with Gasteiger partial charge in [0, 0.05) is 13.1 Å². The van der Waals surface area contributed by atoms with Crippen LogP contribution in [0.15, 0.2) is 47.9 Å². The molecule has 2 rings (SSSR count). The van der Waals surface area contributed by atoms with Crippen molar-refractivity contribution in [1.82, 2.24) is 0 Å². The lowest BCUT2D eigenvalue weighted by molar-refractivity contribution is 0.635. The minimum absolute atomic E-state index is 0.154. The van der Waals surface area contributed by atoms with Crippen molar-refractivity contribution >= 4 is 17.3 Å². The van der Waals surface area contributed by atoms with Gasteiger partial charge < -0.3 is 10.6 Å². The summed E-state index contributed by atoms with van der Waals surface area (Å²) in [6.07, 6.45) is 3.19. The highest BCUT2D eigenvalue weighted by atomic mass is 35.5. The van der Waals surface area contributed by atoms with E-state index in [1.54, 1.807) is 17.0 Å². The van der Waals surface area contributed by atoms with Crippen molar-refractivity contribution in [3.8, 4) is 0 Å². The molecule has 0 atom stereocenters. The van der Waals surface area contributed by atoms with Gasteiger partial charge in [0.15, 0.2) is 0 Å². The van der Waals surface area contributed by atoms with Gasteiger partial charge in [0.05, 0.1) is 16.4 Å². The fourth-order valence-corrected chi connectivity index (χ4v) is 1.96. The summed E-state index contributed by atoms with van der Waals surface area (Å²) in [6, 6.07) is 7.34. The molecule has 0 aliphatic carbocycles. The minimum Gasteiger partial charge on any atom is -0.336 e. The molecule has 2 N–H and O–H groups in total. The van der Waals surface area contributed by atoms with Gasteiger partial charge in [-0.15, -0.1) is 0 Å². The molecule has 16 heavy (non-hydrogen) atoms. The Bertz CT molecular complexity index is 454. The largest absolute Gasteiger partial charge is 0.336 e. The third kappa shape index (κ3) is 1.96. The Kier molecular flexibility index (Phi) is 3.27. The van der Waals surface area contributed by atoms with Gasteiger partial charge in [0.25, 0.3) is 0 Å². The molecule has 84 valence electrons. The van der Waals surface area contributed by atoms with Gasteiger partial charge in [0.2, 0.25) is 0 Å². The quantitative estimate of drug-likeness (QED) is 0.859. The molecular weight excluding hydrogens is 227 g/mol. The van der Waals surface area contributed by atoms with Crippen LogP contribution in [-0.4, -0.2) is 13.1 Å². The van der Waals surface area contributed by atoms with Crippen LogP contribution in [-0.2, 0) is 0 Å². The van der Waals surface area contributed by atoms with Gasteiger partial charge >= 0.3 is 0 Å². The molecule has 0 amide bonds. The van der Waals surface area contributed by atoms with Crippen LogP contribution in [0.4, 0.5) is 10.1 Å². The van der Waals surface area contributed by atoms with Crippen LogP contribution < -0.4 is 10.6 Å². The molecule has 0 saturated carbocycles. The van der Waals surface area contributed by atoms with Crippen LogP contribution in [0.5, 0.6) is 0 Å². The summed E-state index contributed by atoms with van der Waals surface area (Å²) in [7, 11) is 0. The summed E-state index contributed by atoms with van der Waals surface area (Å²) in [5.74, 6) is -0.298. The molecule has 0 fully saturated rings. The summed E-state index contributed by atoms with van der Waals surface area (Å²) in [5, 5.41) is 0.594. The van der Waals surface area contributed by atoms with Crippen molar-refractivity contribution in [3.05, 3.63) is 53.0 Å². The molecule has 2 nitrogen and oxygen atoms in total. The highest BCUT2D eigenvalue weighted by Gasteiger charge is 2.18. The smallest absolute Gasteiger partial charge is 0.143 e. The van der Waals surface area contributed by atoms with Crippen molar-refractivity contribution in [1.29, 1.82) is 0 Å². The van der Waals surface area contributed by atoms with Crippen LogP contribution in [0.1, 0.15) is 0 Å². The third-order valence-corrected chi connectivity index (χ3v) is 2.81. The second kappa shape index (κ2) is 4.68. The minimum atomic E-state index is -0.298. The van der Waals surface area contributed by atoms with Gasteiger partial charge in [-0.2, -0.15) is 0 Å². The molecule has 0 aromatic heterocycles. The predicted octanol–water partition coefficient (Wildman–Crippen LogP) is 2.86. The standard InChI is InChI=1S/C12H12ClFN2/c13-9-4-1-2-6-11(9)16-7-3-5-10(14)12(16)8-15/h1-6H,7-8,15H2. The molecule has 1 aliphatic heterocycles. The Balaban J connectivity index is 2.43. The Morgan fingerprint density at radius 1 is 1.38 bits per heavy atom. The Morgan fingerprint density at radius 2 is 2.12 bits per heavy atom. The van der Waals surface area contributed by atoms with E-state index in [1.165, 1.54) is 6.08 Å². The molecule has 0 radical (unpaired) electrons. The summed E-state index contributed by atoms with van der Waals surface area (Å²) < 4.78 is 13.5. The van der Waals surface area contributed by atoms with Crippen molar-refractivity contribution in [2.24, 2.45) is 5.73 Å². The summed E-state index contributed by atoms with van der Waals surface area (Å²) in [4.78, 5) is 1.79. The van der Waals surface area contributed by atoms with E-state index in [1.807, 2.05) is 18.2 Å². The maximum absolute atomic E-state index is 13.5. The lowest BCUT2D eigenvalue weighted by atomic mass is 10.2. The number of para-hydroxylation sites is 1. The lowest BCUT2D eigenvalue weighted by Crippen LogP contribution is -2.30. The number of benzene rings is 1. The Morgan fingerprint density at radius 3 is 2.81 bits per heavy atom. The first-order chi connectivity index (χ1) is 7.74. The van der Waals surface area contributed by atoms with Gasteiger partial charge in [-0.1, -0.05) is 29.8 Å². The van der Waals surface area contributed by atoms with Crippen molar-refractivity contribution < 1.29 is 4.39 Å². The number of rotatable bonds is 2. The molecule has 0 saturated heterocycles. The highest BCUT2D eigenvalue weighted by Crippen LogP contribution is 2.30. The molecule has 1 aliphatic rings. The average molecular weight is 239 g/mol. The van der Waals surface area contributed by atoms with Crippen LogP contribution in [0.3, 0.4) is 0 Å². The zero-order valence-corrected chi connectivity index (χ0v) is 9.41. The predicted molar refractivity (Wildman–Crippen MR) is 65.1 cm³/mol. The van der Waals surface area contributed by atoms with E-state index >= 15 is 0 Å². The monoisotopic (exact) mass is 238 g/mol. The van der Waals surface area contributed by atoms with Gasteiger partial charge in [-0.3, -0.25) is 0 Å². The molecule has 4 heteroatoms. The number of halogens is 2. The van der Waals surface area contributed by atoms with E-state index in [0.29, 0.717) is 17.3 Å². The SMILES string of the molecule is NCC1=C(F)C=CCN1c1ccccc1Cl. The van der Waals surface area contributed by atoms with Crippen molar-refractivity contribution in [3.63, 3.8) is 0 Å². The van der Waals surface area contributed by atoms with Crippen molar-refractivity contribution in [2.75, 3.05) is 18.0 Å². The molecule has 0 spiro atoms. The van der Waals surface area contributed by atoms with E-state index in [2.05, 4.69) is 0 Å². The fraction of sp³-hybridized carbons (Fsp3) is 0.167. The lowest BCUT2D eigenvalue weighted by Gasteiger charge is -2.28. The molecule has 1 heterocycles. The zero-order chi connectivity index (χ0) is 11.5. The number of hydrogen-bond donors (Lipinski definition) is 1. The van der Waals surface area contributed by atoms with Crippen LogP contribution >= 0.6 is 11.6 Å². The second-order valence-electron chi connectivity index (χ2n) is 3.46. The second-order valence-corrected chi connectivity index (χ2v) is 3.87. The number of allylic oxidation sites excluding steroid dienone is 2. The number of nitrogens with zero attached hydrogens (tertiary/aromatic N) is 1. The number of hydrogen-bond acceptors (Lipinski definition) is 2. The first kappa shape index (κ1) is 11.2. The van der Waals surface area contributed by atoms with Gasteiger partial charge in [0.1, 0.15) is 5.83 Å². The topological polar surface area (TPSA) is 29.3 Å². The van der Waals surface area contributed by atoms with E-state index < -0.39 is 0 Å². The normalized spacial score (nSPS) is 15.8. The van der Waals surface area contributed by atoms with E-state index in [-0.39, 0.29) is 12.4 Å². The highest BCUT2D eigenvalue weighted by molar-refractivity contribution is 6.33. The molecule has 1 aromatic rings. The van der Waals surface area contributed by atoms with Gasteiger partial charge in [-0.05, 0) is 18.2 Å². The zero-order valence-electron chi connectivity index (χ0n) is 8.66. The van der Waals surface area contributed by atoms with E-state index in [0.717, 1.165) is 5.69 Å². The fourth-order valence-electron chi connectivity index (χ4n) is 1.72. The Labute approximate surface area is 98.8 Å². The van der Waals surface area contributed by atoms with Gasteiger partial charge in [-0.25, -0.2) is 4.39 Å². The van der Waals surface area contributed by atoms with Crippen LogP contribution in [0.25, 0.3) is 0 Å². The third-order valence-electron chi connectivity index (χ3n) is 2.49. The number of anilines is 1. The van der Waals surface area contributed by atoms with E-state index in [4.69, 9.17) is 17.3 Å². The maximum atomic E-state index is 13.5. The average Bonchev–Trinajstić information content (AvgIpc) is 2.29.